The largest absolute Gasteiger partial charge is 0.389 e. The van der Waals surface area contributed by atoms with Gasteiger partial charge in [-0.2, -0.15) is 0 Å². The Balaban J connectivity index is 3.08. The zero-order valence-electron chi connectivity index (χ0n) is 11.6. The number of nitrogens with one attached hydrogen (secondary N) is 1. The van der Waals surface area contributed by atoms with Crippen LogP contribution in [0.3, 0.4) is 0 Å². The van der Waals surface area contributed by atoms with Crippen molar-refractivity contribution in [3.63, 3.8) is 0 Å². The van der Waals surface area contributed by atoms with Crippen LogP contribution in [0.5, 0.6) is 0 Å². The van der Waals surface area contributed by atoms with Crippen molar-refractivity contribution in [2.75, 3.05) is 25.0 Å². The molecule has 1 aromatic carbocycles. The van der Waals surface area contributed by atoms with Crippen molar-refractivity contribution in [3.05, 3.63) is 28.8 Å². The summed E-state index contributed by atoms with van der Waals surface area (Å²) in [5, 5.41) is 13.9. The maximum absolute atomic E-state index is 9.98. The third-order valence-electron chi connectivity index (χ3n) is 2.75. The van der Waals surface area contributed by atoms with Gasteiger partial charge in [0.1, 0.15) is 0 Å². The standard InChI is InChI=1S/C14H23ClN2O/c1-5-17(10-14(2,3)18)13-8-6-7-12(15)11(13)9-16-4/h6-8,16,18H,5,9-10H2,1-4H3. The Bertz CT molecular complexity index is 388. The van der Waals surface area contributed by atoms with E-state index in [-0.39, 0.29) is 0 Å². The minimum absolute atomic E-state index is 0.584. The SMILES string of the molecule is CCN(CC(C)(C)O)c1cccc(Cl)c1CNC. The second-order valence-electron chi connectivity index (χ2n) is 5.09. The molecule has 0 aliphatic carbocycles. The number of halogens is 1. The summed E-state index contributed by atoms with van der Waals surface area (Å²) in [6, 6.07) is 5.90. The van der Waals surface area contributed by atoms with E-state index in [1.165, 1.54) is 0 Å². The quantitative estimate of drug-likeness (QED) is 0.834. The van der Waals surface area contributed by atoms with E-state index in [1.54, 1.807) is 0 Å². The summed E-state index contributed by atoms with van der Waals surface area (Å²) in [6.07, 6.45) is 0. The van der Waals surface area contributed by atoms with Gasteiger partial charge in [0.15, 0.2) is 0 Å². The monoisotopic (exact) mass is 270 g/mol. The van der Waals surface area contributed by atoms with Gasteiger partial charge in [-0.15, -0.1) is 0 Å². The van der Waals surface area contributed by atoms with Gasteiger partial charge >= 0.3 is 0 Å². The lowest BCUT2D eigenvalue weighted by Crippen LogP contribution is -2.39. The third-order valence-corrected chi connectivity index (χ3v) is 3.10. The van der Waals surface area contributed by atoms with E-state index in [0.717, 1.165) is 29.4 Å². The Labute approximate surface area is 115 Å². The lowest BCUT2D eigenvalue weighted by Gasteiger charge is -2.31. The van der Waals surface area contributed by atoms with Crippen molar-refractivity contribution in [1.29, 1.82) is 0 Å². The van der Waals surface area contributed by atoms with Gasteiger partial charge in [0, 0.05) is 35.9 Å². The lowest BCUT2D eigenvalue weighted by molar-refractivity contribution is 0.0875. The minimum atomic E-state index is -0.727. The van der Waals surface area contributed by atoms with Gasteiger partial charge in [-0.1, -0.05) is 17.7 Å². The van der Waals surface area contributed by atoms with Gasteiger partial charge in [0.05, 0.1) is 5.60 Å². The predicted molar refractivity (Wildman–Crippen MR) is 78.4 cm³/mol. The molecule has 102 valence electrons. The number of likely N-dealkylation sites (N-methyl/N-ethyl adjacent to an activating group) is 1. The highest BCUT2D eigenvalue weighted by molar-refractivity contribution is 6.31. The van der Waals surface area contributed by atoms with E-state index in [4.69, 9.17) is 11.6 Å². The van der Waals surface area contributed by atoms with Gasteiger partial charge in [0.25, 0.3) is 0 Å². The Morgan fingerprint density at radius 1 is 1.39 bits per heavy atom. The van der Waals surface area contributed by atoms with Crippen LogP contribution in [0.1, 0.15) is 26.3 Å². The molecule has 2 N–H and O–H groups in total. The number of aliphatic hydroxyl groups is 1. The van der Waals surface area contributed by atoms with Crippen LogP contribution in [0.15, 0.2) is 18.2 Å². The summed E-state index contributed by atoms with van der Waals surface area (Å²) < 4.78 is 0. The van der Waals surface area contributed by atoms with Gasteiger partial charge in [-0.05, 0) is 40.0 Å². The van der Waals surface area contributed by atoms with Crippen molar-refractivity contribution < 1.29 is 5.11 Å². The molecule has 1 rings (SSSR count). The lowest BCUT2D eigenvalue weighted by atomic mass is 10.1. The van der Waals surface area contributed by atoms with Gasteiger partial charge in [-0.25, -0.2) is 0 Å². The van der Waals surface area contributed by atoms with Crippen molar-refractivity contribution in [1.82, 2.24) is 5.32 Å². The van der Waals surface area contributed by atoms with E-state index in [0.29, 0.717) is 6.54 Å². The van der Waals surface area contributed by atoms with E-state index < -0.39 is 5.60 Å². The highest BCUT2D eigenvalue weighted by Crippen LogP contribution is 2.28. The summed E-state index contributed by atoms with van der Waals surface area (Å²) >= 11 is 6.25. The topological polar surface area (TPSA) is 35.5 Å². The van der Waals surface area contributed by atoms with Crippen LogP contribution in [0.4, 0.5) is 5.69 Å². The molecule has 0 aliphatic rings. The highest BCUT2D eigenvalue weighted by Gasteiger charge is 2.20. The van der Waals surface area contributed by atoms with Crippen LogP contribution in [-0.4, -0.2) is 30.8 Å². The summed E-state index contributed by atoms with van der Waals surface area (Å²) in [5.74, 6) is 0. The van der Waals surface area contributed by atoms with Crippen LogP contribution in [0, 0.1) is 0 Å². The zero-order valence-corrected chi connectivity index (χ0v) is 12.4. The molecule has 0 radical (unpaired) electrons. The molecular formula is C14H23ClN2O. The summed E-state index contributed by atoms with van der Waals surface area (Å²) in [4.78, 5) is 2.15. The molecule has 18 heavy (non-hydrogen) atoms. The molecule has 0 saturated heterocycles. The molecule has 0 aromatic heterocycles. The van der Waals surface area contributed by atoms with Crippen LogP contribution in [0.25, 0.3) is 0 Å². The van der Waals surface area contributed by atoms with Crippen molar-refractivity contribution in [2.45, 2.75) is 32.9 Å². The fourth-order valence-corrected chi connectivity index (χ4v) is 2.27. The Kier molecular flexibility index (Phi) is 5.45. The Morgan fingerprint density at radius 2 is 2.06 bits per heavy atom. The van der Waals surface area contributed by atoms with Crippen molar-refractivity contribution in [2.24, 2.45) is 0 Å². The summed E-state index contributed by atoms with van der Waals surface area (Å²) in [7, 11) is 1.90. The fraction of sp³-hybridized carbons (Fsp3) is 0.571. The van der Waals surface area contributed by atoms with E-state index >= 15 is 0 Å². The Morgan fingerprint density at radius 3 is 2.56 bits per heavy atom. The first-order chi connectivity index (χ1) is 8.39. The summed E-state index contributed by atoms with van der Waals surface area (Å²) in [5.41, 5.74) is 1.43. The average molecular weight is 271 g/mol. The maximum atomic E-state index is 9.98. The minimum Gasteiger partial charge on any atom is -0.389 e. The number of nitrogens with zero attached hydrogens (tertiary/aromatic N) is 1. The first-order valence-corrected chi connectivity index (χ1v) is 6.66. The molecule has 4 heteroatoms. The van der Waals surface area contributed by atoms with Crippen LogP contribution in [-0.2, 0) is 6.54 Å². The molecule has 0 spiro atoms. The van der Waals surface area contributed by atoms with Gasteiger partial charge < -0.3 is 15.3 Å². The molecule has 0 fully saturated rings. The molecular weight excluding hydrogens is 248 g/mol. The molecule has 0 heterocycles. The van der Waals surface area contributed by atoms with Gasteiger partial charge in [0.2, 0.25) is 0 Å². The molecule has 0 amide bonds. The molecule has 0 aliphatic heterocycles. The second-order valence-corrected chi connectivity index (χ2v) is 5.50. The number of rotatable bonds is 6. The van der Waals surface area contributed by atoms with Crippen molar-refractivity contribution in [3.8, 4) is 0 Å². The third kappa shape index (κ3) is 4.16. The van der Waals surface area contributed by atoms with E-state index in [1.807, 2.05) is 39.1 Å². The smallest absolute Gasteiger partial charge is 0.0765 e. The number of hydrogen-bond donors (Lipinski definition) is 2. The molecule has 1 aromatic rings. The first-order valence-electron chi connectivity index (χ1n) is 6.28. The van der Waals surface area contributed by atoms with E-state index in [2.05, 4.69) is 17.1 Å². The van der Waals surface area contributed by atoms with Crippen LogP contribution >= 0.6 is 11.6 Å². The molecule has 0 saturated carbocycles. The van der Waals surface area contributed by atoms with E-state index in [9.17, 15) is 5.11 Å². The second kappa shape index (κ2) is 6.41. The molecule has 0 unspecified atom stereocenters. The number of anilines is 1. The van der Waals surface area contributed by atoms with Crippen molar-refractivity contribution >= 4 is 17.3 Å². The van der Waals surface area contributed by atoms with Gasteiger partial charge in [-0.3, -0.25) is 0 Å². The summed E-state index contributed by atoms with van der Waals surface area (Å²) in [6.45, 7) is 7.85. The normalized spacial score (nSPS) is 11.7. The van der Waals surface area contributed by atoms with Crippen LogP contribution in [0.2, 0.25) is 5.02 Å². The zero-order chi connectivity index (χ0) is 13.8. The number of hydrogen-bond acceptors (Lipinski definition) is 3. The number of benzene rings is 1. The Hall–Kier alpha value is -0.770. The highest BCUT2D eigenvalue weighted by atomic mass is 35.5. The average Bonchev–Trinajstić information content (AvgIpc) is 2.28. The van der Waals surface area contributed by atoms with Crippen LogP contribution < -0.4 is 10.2 Å². The molecule has 3 nitrogen and oxygen atoms in total. The fourth-order valence-electron chi connectivity index (χ4n) is 2.03. The maximum Gasteiger partial charge on any atom is 0.0765 e. The molecule has 0 bridgehead atoms. The molecule has 0 atom stereocenters. The predicted octanol–water partition coefficient (Wildman–Crippen LogP) is 2.66. The first kappa shape index (κ1) is 15.3.